The molecule has 0 aliphatic carbocycles. The number of para-hydroxylation sites is 1. The fourth-order valence-electron chi connectivity index (χ4n) is 2.66. The standard InChI is InChI=1S/C16H20N2O5/c1-16(9-6-14(19)17-16)10-7-15(20)23-11-8-12-4-2-3-5-13(12)18(21)22/h2-5H,6-11H2,1H3,(H,17,19). The first-order valence-electron chi connectivity index (χ1n) is 7.58. The highest BCUT2D eigenvalue weighted by Gasteiger charge is 2.33. The van der Waals surface area contributed by atoms with Crippen molar-refractivity contribution >= 4 is 17.6 Å². The van der Waals surface area contributed by atoms with Gasteiger partial charge in [0.1, 0.15) is 0 Å². The van der Waals surface area contributed by atoms with Crippen molar-refractivity contribution in [3.8, 4) is 0 Å². The van der Waals surface area contributed by atoms with Gasteiger partial charge in [-0.05, 0) is 19.8 Å². The van der Waals surface area contributed by atoms with Gasteiger partial charge in [0.15, 0.2) is 0 Å². The number of nitro groups is 1. The Morgan fingerprint density at radius 1 is 1.43 bits per heavy atom. The number of nitro benzene ring substituents is 1. The number of rotatable bonds is 7. The maximum absolute atomic E-state index is 11.8. The molecule has 7 nitrogen and oxygen atoms in total. The molecule has 1 aromatic carbocycles. The van der Waals surface area contributed by atoms with Gasteiger partial charge in [0.05, 0.1) is 11.5 Å². The molecule has 1 fully saturated rings. The summed E-state index contributed by atoms with van der Waals surface area (Å²) in [6, 6.07) is 6.40. The number of carbonyl (C=O) groups is 2. The number of esters is 1. The third-order valence-corrected chi connectivity index (χ3v) is 4.05. The average molecular weight is 320 g/mol. The van der Waals surface area contributed by atoms with Gasteiger partial charge < -0.3 is 10.1 Å². The molecular formula is C16H20N2O5. The summed E-state index contributed by atoms with van der Waals surface area (Å²) in [5.74, 6) is -0.344. The maximum atomic E-state index is 11.8. The van der Waals surface area contributed by atoms with Crippen molar-refractivity contribution < 1.29 is 19.2 Å². The molecule has 23 heavy (non-hydrogen) atoms. The van der Waals surface area contributed by atoms with Crippen LogP contribution in [0.15, 0.2) is 24.3 Å². The minimum atomic E-state index is -0.444. The molecule has 1 aliphatic rings. The van der Waals surface area contributed by atoms with Gasteiger partial charge in [0.25, 0.3) is 5.69 Å². The third kappa shape index (κ3) is 4.77. The van der Waals surface area contributed by atoms with Crippen LogP contribution in [0.25, 0.3) is 0 Å². The Morgan fingerprint density at radius 2 is 2.17 bits per heavy atom. The maximum Gasteiger partial charge on any atom is 0.305 e. The molecule has 1 N–H and O–H groups in total. The van der Waals surface area contributed by atoms with E-state index < -0.39 is 4.92 Å². The van der Waals surface area contributed by atoms with E-state index in [2.05, 4.69) is 5.32 Å². The van der Waals surface area contributed by atoms with Crippen molar-refractivity contribution in [3.05, 3.63) is 39.9 Å². The highest BCUT2D eigenvalue weighted by Crippen LogP contribution is 2.24. The molecule has 2 rings (SSSR count). The second kappa shape index (κ2) is 7.21. The van der Waals surface area contributed by atoms with Crippen LogP contribution >= 0.6 is 0 Å². The van der Waals surface area contributed by atoms with Crippen LogP contribution in [-0.4, -0.2) is 28.9 Å². The smallest absolute Gasteiger partial charge is 0.305 e. The van der Waals surface area contributed by atoms with Crippen molar-refractivity contribution in [3.63, 3.8) is 0 Å². The number of amides is 1. The van der Waals surface area contributed by atoms with Gasteiger partial charge in [0, 0.05) is 36.4 Å². The van der Waals surface area contributed by atoms with Gasteiger partial charge in [-0.15, -0.1) is 0 Å². The van der Waals surface area contributed by atoms with Gasteiger partial charge in [-0.25, -0.2) is 0 Å². The molecular weight excluding hydrogens is 300 g/mol. The average Bonchev–Trinajstić information content (AvgIpc) is 2.85. The number of hydrogen-bond acceptors (Lipinski definition) is 5. The van der Waals surface area contributed by atoms with Crippen LogP contribution in [0, 0.1) is 10.1 Å². The van der Waals surface area contributed by atoms with Gasteiger partial charge in [0.2, 0.25) is 5.91 Å². The van der Waals surface area contributed by atoms with Crippen molar-refractivity contribution in [1.29, 1.82) is 0 Å². The van der Waals surface area contributed by atoms with Crippen LogP contribution < -0.4 is 5.32 Å². The Labute approximate surface area is 134 Å². The number of nitrogens with zero attached hydrogens (tertiary/aromatic N) is 1. The summed E-state index contributed by atoms with van der Waals surface area (Å²) in [4.78, 5) is 33.5. The first-order chi connectivity index (χ1) is 10.9. The highest BCUT2D eigenvalue weighted by molar-refractivity contribution is 5.79. The Kier molecular flexibility index (Phi) is 5.31. The molecule has 0 bridgehead atoms. The second-order valence-electron chi connectivity index (χ2n) is 5.97. The fourth-order valence-corrected chi connectivity index (χ4v) is 2.66. The number of carbonyl (C=O) groups excluding carboxylic acids is 2. The predicted molar refractivity (Wildman–Crippen MR) is 82.8 cm³/mol. The van der Waals surface area contributed by atoms with E-state index in [0.717, 1.165) is 6.42 Å². The van der Waals surface area contributed by atoms with Crippen molar-refractivity contribution in [2.45, 2.75) is 44.6 Å². The SMILES string of the molecule is CC1(CCC(=O)OCCc2ccccc2[N+](=O)[O-])CCC(=O)N1. The lowest BCUT2D eigenvalue weighted by Gasteiger charge is -2.23. The molecule has 124 valence electrons. The van der Waals surface area contributed by atoms with Gasteiger partial charge in [-0.1, -0.05) is 18.2 Å². The predicted octanol–water partition coefficient (Wildman–Crippen LogP) is 2.13. The molecule has 0 spiro atoms. The zero-order chi connectivity index (χ0) is 16.9. The van der Waals surface area contributed by atoms with E-state index in [1.54, 1.807) is 18.2 Å². The molecule has 1 aliphatic heterocycles. The normalized spacial score (nSPS) is 20.1. The van der Waals surface area contributed by atoms with E-state index in [1.165, 1.54) is 6.07 Å². The molecule has 7 heteroatoms. The molecule has 1 unspecified atom stereocenters. The minimum Gasteiger partial charge on any atom is -0.465 e. The molecule has 0 radical (unpaired) electrons. The first-order valence-corrected chi connectivity index (χ1v) is 7.58. The van der Waals surface area contributed by atoms with Crippen LogP contribution in [0.5, 0.6) is 0 Å². The Balaban J connectivity index is 1.75. The van der Waals surface area contributed by atoms with Crippen molar-refractivity contribution in [2.75, 3.05) is 6.61 Å². The van der Waals surface area contributed by atoms with E-state index >= 15 is 0 Å². The topological polar surface area (TPSA) is 98.5 Å². The Bertz CT molecular complexity index is 616. The molecule has 1 atom stereocenters. The van der Waals surface area contributed by atoms with E-state index in [9.17, 15) is 19.7 Å². The fraction of sp³-hybridized carbons (Fsp3) is 0.500. The van der Waals surface area contributed by atoms with E-state index in [4.69, 9.17) is 4.74 Å². The minimum absolute atomic E-state index is 0.0113. The zero-order valence-electron chi connectivity index (χ0n) is 13.0. The van der Waals surface area contributed by atoms with Gasteiger partial charge in [-0.2, -0.15) is 0 Å². The quantitative estimate of drug-likeness (QED) is 0.471. The number of benzene rings is 1. The molecule has 1 aromatic rings. The Hall–Kier alpha value is -2.44. The van der Waals surface area contributed by atoms with Crippen LogP contribution in [0.3, 0.4) is 0 Å². The highest BCUT2D eigenvalue weighted by atomic mass is 16.6. The summed E-state index contributed by atoms with van der Waals surface area (Å²) >= 11 is 0. The number of hydrogen-bond donors (Lipinski definition) is 1. The lowest BCUT2D eigenvalue weighted by Crippen LogP contribution is -2.38. The van der Waals surface area contributed by atoms with E-state index in [-0.39, 0.29) is 36.1 Å². The summed E-state index contributed by atoms with van der Waals surface area (Å²) in [5, 5.41) is 13.8. The summed E-state index contributed by atoms with van der Waals surface area (Å²) < 4.78 is 5.14. The molecule has 0 aromatic heterocycles. The second-order valence-corrected chi connectivity index (χ2v) is 5.97. The first kappa shape index (κ1) is 16.9. The molecule has 0 saturated carbocycles. The van der Waals surface area contributed by atoms with Crippen molar-refractivity contribution in [1.82, 2.24) is 5.32 Å². The lowest BCUT2D eigenvalue weighted by molar-refractivity contribution is -0.385. The van der Waals surface area contributed by atoms with Crippen LogP contribution in [-0.2, 0) is 20.7 Å². The molecule has 1 amide bonds. The Morgan fingerprint density at radius 3 is 2.83 bits per heavy atom. The number of nitrogens with one attached hydrogen (secondary N) is 1. The van der Waals surface area contributed by atoms with Crippen LogP contribution in [0.1, 0.15) is 38.2 Å². The third-order valence-electron chi connectivity index (χ3n) is 4.05. The van der Waals surface area contributed by atoms with Crippen molar-refractivity contribution in [2.24, 2.45) is 0 Å². The number of ether oxygens (including phenoxy) is 1. The summed E-state index contributed by atoms with van der Waals surface area (Å²) in [6.07, 6.45) is 2.26. The van der Waals surface area contributed by atoms with Crippen LogP contribution in [0.2, 0.25) is 0 Å². The largest absolute Gasteiger partial charge is 0.465 e. The van der Waals surface area contributed by atoms with Gasteiger partial charge >= 0.3 is 5.97 Å². The molecule has 1 heterocycles. The summed E-state index contributed by atoms with van der Waals surface area (Å²) in [7, 11) is 0. The zero-order valence-corrected chi connectivity index (χ0v) is 13.0. The lowest BCUT2D eigenvalue weighted by atomic mass is 9.94. The van der Waals surface area contributed by atoms with Crippen LogP contribution in [0.4, 0.5) is 5.69 Å². The van der Waals surface area contributed by atoms with E-state index in [1.807, 2.05) is 6.92 Å². The van der Waals surface area contributed by atoms with E-state index in [0.29, 0.717) is 24.8 Å². The molecule has 1 saturated heterocycles. The van der Waals surface area contributed by atoms with Gasteiger partial charge in [-0.3, -0.25) is 19.7 Å². The summed E-state index contributed by atoms with van der Waals surface area (Å²) in [6.45, 7) is 2.02. The summed E-state index contributed by atoms with van der Waals surface area (Å²) in [5.41, 5.74) is 0.235. The monoisotopic (exact) mass is 320 g/mol.